The van der Waals surface area contributed by atoms with Crippen LogP contribution in [0.3, 0.4) is 0 Å². The van der Waals surface area contributed by atoms with E-state index in [-0.39, 0.29) is 11.6 Å². The highest BCUT2D eigenvalue weighted by atomic mass is 28.4. The Kier molecular flexibility index (Phi) is 6.82. The molecule has 1 aliphatic heterocycles. The third-order valence-corrected chi connectivity index (χ3v) is 11.2. The number of fused-ring (bicyclic) bond motifs is 2. The van der Waals surface area contributed by atoms with Crippen molar-refractivity contribution < 1.29 is 18.3 Å². The van der Waals surface area contributed by atoms with Crippen molar-refractivity contribution in [2.45, 2.75) is 45.0 Å². The van der Waals surface area contributed by atoms with Crippen LogP contribution in [0.1, 0.15) is 20.8 Å². The van der Waals surface area contributed by atoms with Crippen LogP contribution in [0.5, 0.6) is 11.5 Å². The molecule has 0 N–H and O–H groups in total. The van der Waals surface area contributed by atoms with Gasteiger partial charge >= 0.3 is 0 Å². The fourth-order valence-electron chi connectivity index (χ4n) is 3.62. The van der Waals surface area contributed by atoms with Gasteiger partial charge in [-0.25, -0.2) is 14.4 Å². The summed E-state index contributed by atoms with van der Waals surface area (Å²) in [6, 6.07) is 11.7. The van der Waals surface area contributed by atoms with E-state index >= 15 is 0 Å². The molecule has 8 heteroatoms. The van der Waals surface area contributed by atoms with Gasteiger partial charge in [0.25, 0.3) is 0 Å². The van der Waals surface area contributed by atoms with Gasteiger partial charge in [-0.15, -0.1) is 0 Å². The molecule has 182 valence electrons. The van der Waals surface area contributed by atoms with Crippen molar-refractivity contribution in [2.24, 2.45) is 0 Å². The Balaban J connectivity index is 1.47. The number of pyridine rings is 2. The maximum absolute atomic E-state index is 13.7. The number of halogens is 1. The third-order valence-electron chi connectivity index (χ3n) is 6.71. The zero-order valence-electron chi connectivity index (χ0n) is 20.9. The van der Waals surface area contributed by atoms with E-state index in [1.54, 1.807) is 0 Å². The summed E-state index contributed by atoms with van der Waals surface area (Å²) < 4.78 is 31.5. The largest absolute Gasteiger partial charge is 0.491 e. The maximum atomic E-state index is 13.7. The van der Waals surface area contributed by atoms with E-state index in [0.29, 0.717) is 12.4 Å². The number of alkyl halides is 1. The molecular formula is C26H34FN3O3Si. The number of ether oxygens (including phenoxy) is 2. The van der Waals surface area contributed by atoms with Gasteiger partial charge in [0.1, 0.15) is 31.7 Å². The van der Waals surface area contributed by atoms with Crippen LogP contribution in [0.25, 0.3) is 22.2 Å². The fraction of sp³-hybridized carbons (Fsp3) is 0.462. The first-order valence-electron chi connectivity index (χ1n) is 11.7. The molecule has 3 aromatic rings. The number of hydrogen-bond acceptors (Lipinski definition) is 6. The molecule has 4 rings (SSSR count). The van der Waals surface area contributed by atoms with E-state index in [2.05, 4.69) is 43.7 Å². The van der Waals surface area contributed by atoms with Crippen molar-refractivity contribution in [3.8, 4) is 22.8 Å². The lowest BCUT2D eigenvalue weighted by Gasteiger charge is -2.38. The summed E-state index contributed by atoms with van der Waals surface area (Å²) in [6.07, 6.45) is 1.25. The van der Waals surface area contributed by atoms with Crippen molar-refractivity contribution in [2.75, 3.05) is 38.4 Å². The number of anilines is 1. The molecule has 3 heterocycles. The van der Waals surface area contributed by atoms with Gasteiger partial charge in [-0.2, -0.15) is 0 Å². The highest BCUT2D eigenvalue weighted by molar-refractivity contribution is 6.74. The lowest BCUT2D eigenvalue weighted by Crippen LogP contribution is -2.46. The Morgan fingerprint density at radius 1 is 1.18 bits per heavy atom. The van der Waals surface area contributed by atoms with Crippen LogP contribution in [0.15, 0.2) is 42.6 Å². The van der Waals surface area contributed by atoms with Gasteiger partial charge in [-0.1, -0.05) is 26.8 Å². The molecule has 1 atom stereocenters. The Bertz CT molecular complexity index is 1170. The summed E-state index contributed by atoms with van der Waals surface area (Å²) in [4.78, 5) is 11.4. The Morgan fingerprint density at radius 3 is 2.71 bits per heavy atom. The number of likely N-dealkylation sites (N-methyl/N-ethyl adjacent to an activating group) is 1. The standard InChI is InChI=1S/C26H34FN3O3Si/c1-26(2,3)34(5,6)33-21(15-27)17-32-20-8-10-22-18(13-20)7-9-23(29-22)19-14-24-25(28-16-19)30(4)11-12-31-24/h7-10,13-14,16,21H,11-12,15,17H2,1-6H3. The topological polar surface area (TPSA) is 56.7 Å². The van der Waals surface area contributed by atoms with Crippen LogP contribution < -0.4 is 14.4 Å². The van der Waals surface area contributed by atoms with Crippen LogP contribution in [-0.4, -0.2) is 57.9 Å². The highest BCUT2D eigenvalue weighted by Crippen LogP contribution is 2.37. The molecule has 0 fully saturated rings. The highest BCUT2D eigenvalue weighted by Gasteiger charge is 2.39. The summed E-state index contributed by atoms with van der Waals surface area (Å²) >= 11 is 0. The lowest BCUT2D eigenvalue weighted by atomic mass is 10.1. The summed E-state index contributed by atoms with van der Waals surface area (Å²) in [5.74, 6) is 2.30. The molecule has 0 saturated heterocycles. The molecule has 1 aliphatic rings. The second-order valence-corrected chi connectivity index (χ2v) is 15.1. The van der Waals surface area contributed by atoms with Crippen molar-refractivity contribution in [3.05, 3.63) is 42.6 Å². The number of aromatic nitrogens is 2. The minimum Gasteiger partial charge on any atom is -0.491 e. The predicted molar refractivity (Wildman–Crippen MR) is 137 cm³/mol. The maximum Gasteiger partial charge on any atom is 0.192 e. The minimum atomic E-state index is -2.07. The molecular weight excluding hydrogens is 449 g/mol. The van der Waals surface area contributed by atoms with Gasteiger partial charge in [0.05, 0.1) is 17.8 Å². The molecule has 0 aliphatic carbocycles. The van der Waals surface area contributed by atoms with Gasteiger partial charge in [0.2, 0.25) is 0 Å². The second-order valence-electron chi connectivity index (χ2n) is 10.3. The van der Waals surface area contributed by atoms with E-state index in [1.165, 1.54) is 0 Å². The molecule has 0 bridgehead atoms. The van der Waals surface area contributed by atoms with Gasteiger partial charge in [0, 0.05) is 24.2 Å². The average Bonchev–Trinajstić information content (AvgIpc) is 2.80. The zero-order chi connectivity index (χ0) is 24.5. The SMILES string of the molecule is CN1CCOc2cc(-c3ccc4cc(OCC(CF)O[Si](C)(C)C(C)(C)C)ccc4n3)cnc21. The minimum absolute atomic E-state index is 0.0162. The summed E-state index contributed by atoms with van der Waals surface area (Å²) in [6.45, 7) is 11.8. The van der Waals surface area contributed by atoms with Crippen molar-refractivity contribution in [3.63, 3.8) is 0 Å². The molecule has 1 aromatic carbocycles. The summed E-state index contributed by atoms with van der Waals surface area (Å²) in [7, 11) is -0.0582. The van der Waals surface area contributed by atoms with E-state index in [4.69, 9.17) is 18.9 Å². The van der Waals surface area contributed by atoms with Crippen molar-refractivity contribution in [1.82, 2.24) is 9.97 Å². The number of benzene rings is 1. The number of nitrogens with zero attached hydrogens (tertiary/aromatic N) is 3. The molecule has 0 saturated carbocycles. The molecule has 34 heavy (non-hydrogen) atoms. The summed E-state index contributed by atoms with van der Waals surface area (Å²) in [5.41, 5.74) is 2.58. The zero-order valence-corrected chi connectivity index (χ0v) is 21.9. The monoisotopic (exact) mass is 483 g/mol. The average molecular weight is 484 g/mol. The lowest BCUT2D eigenvalue weighted by molar-refractivity contribution is 0.0920. The van der Waals surface area contributed by atoms with E-state index in [1.807, 2.05) is 49.6 Å². The van der Waals surface area contributed by atoms with Gasteiger partial charge in [0.15, 0.2) is 19.9 Å². The fourth-order valence-corrected chi connectivity index (χ4v) is 4.93. The van der Waals surface area contributed by atoms with E-state index in [0.717, 1.165) is 40.3 Å². The van der Waals surface area contributed by atoms with Crippen molar-refractivity contribution >= 4 is 25.0 Å². The normalized spacial score (nSPS) is 15.1. The molecule has 6 nitrogen and oxygen atoms in total. The number of rotatable bonds is 7. The first kappa shape index (κ1) is 24.4. The van der Waals surface area contributed by atoms with Crippen molar-refractivity contribution in [1.29, 1.82) is 0 Å². The Labute approximate surface area is 202 Å². The first-order valence-corrected chi connectivity index (χ1v) is 14.6. The molecule has 0 radical (unpaired) electrons. The Hall–Kier alpha value is -2.71. The van der Waals surface area contributed by atoms with E-state index in [9.17, 15) is 4.39 Å². The molecule has 0 amide bonds. The second kappa shape index (κ2) is 9.50. The van der Waals surface area contributed by atoms with Gasteiger partial charge in [-0.3, -0.25) is 0 Å². The smallest absolute Gasteiger partial charge is 0.192 e. The Morgan fingerprint density at radius 2 is 1.97 bits per heavy atom. The van der Waals surface area contributed by atoms with Gasteiger partial charge in [-0.05, 0) is 48.5 Å². The van der Waals surface area contributed by atoms with Crippen LogP contribution in [0, 0.1) is 0 Å². The first-order chi connectivity index (χ1) is 16.1. The number of hydrogen-bond donors (Lipinski definition) is 0. The van der Waals surface area contributed by atoms with Crippen LogP contribution >= 0.6 is 0 Å². The molecule has 0 spiro atoms. The molecule has 1 unspecified atom stereocenters. The molecule has 2 aromatic heterocycles. The van der Waals surface area contributed by atoms with Crippen LogP contribution in [0.2, 0.25) is 18.1 Å². The summed E-state index contributed by atoms with van der Waals surface area (Å²) in [5, 5.41) is 0.966. The third kappa shape index (κ3) is 5.18. The predicted octanol–water partition coefficient (Wildman–Crippen LogP) is 5.86. The van der Waals surface area contributed by atoms with E-state index < -0.39 is 21.1 Å². The quantitative estimate of drug-likeness (QED) is 0.392. The van der Waals surface area contributed by atoms with Crippen LogP contribution in [-0.2, 0) is 4.43 Å². The van der Waals surface area contributed by atoms with Gasteiger partial charge < -0.3 is 18.8 Å². The van der Waals surface area contributed by atoms with Crippen LogP contribution in [0.4, 0.5) is 10.2 Å².